The van der Waals surface area contributed by atoms with Crippen LogP contribution in [0.3, 0.4) is 0 Å². The number of imidazole rings is 1. The van der Waals surface area contributed by atoms with Crippen LogP contribution in [-0.4, -0.2) is 61.6 Å². The number of methoxy groups -OCH3 is 1. The zero-order valence-corrected chi connectivity index (χ0v) is 21.6. The van der Waals surface area contributed by atoms with E-state index in [9.17, 15) is 9.59 Å². The average molecular weight is 511 g/mol. The number of ether oxygens (including phenoxy) is 1. The third kappa shape index (κ3) is 3.10. The normalized spacial score (nSPS) is 25.9. The first-order valence-corrected chi connectivity index (χ1v) is 13.6. The fourth-order valence-electron chi connectivity index (χ4n) is 7.37. The summed E-state index contributed by atoms with van der Waals surface area (Å²) in [6, 6.07) is 10.1. The van der Waals surface area contributed by atoms with E-state index in [1.807, 2.05) is 36.3 Å². The molecule has 4 aromatic rings. The Bertz CT molecular complexity index is 1650. The van der Waals surface area contributed by atoms with Crippen LogP contribution in [0.15, 0.2) is 36.5 Å². The van der Waals surface area contributed by atoms with Crippen LogP contribution in [0.2, 0.25) is 0 Å². The standard InChI is InChI=1S/C29H30N6O3/c1-33-26-20(31-28(33)21-10-16-4-3-7-30-27(16)34(21)13-15-5-6-15)9-18(11-22(26)38-2)29(37)35-14-19-8-17-12-23(36)32-24(19)25(17)35/h3-4,7,9-11,15,17,19,24-25H,5-6,8,12-14H2,1-2H3,(H,32,36)/t17?,19-,24-,25-/m1/s1. The summed E-state index contributed by atoms with van der Waals surface area (Å²) < 4.78 is 10.2. The highest BCUT2D eigenvalue weighted by atomic mass is 16.5. The number of carbonyl (C=O) groups excluding carboxylic acids is 2. The maximum Gasteiger partial charge on any atom is 0.254 e. The molecule has 8 rings (SSSR count). The van der Waals surface area contributed by atoms with Crippen LogP contribution in [0.25, 0.3) is 33.6 Å². The molecular formula is C29H30N6O3. The topological polar surface area (TPSA) is 94.3 Å². The van der Waals surface area contributed by atoms with Crippen molar-refractivity contribution in [2.45, 2.75) is 44.3 Å². The molecule has 194 valence electrons. The maximum absolute atomic E-state index is 13.8. The first kappa shape index (κ1) is 22.1. The molecule has 2 saturated heterocycles. The molecular weight excluding hydrogens is 480 g/mol. The third-order valence-electron chi connectivity index (χ3n) is 9.21. The Balaban J connectivity index is 1.21. The largest absolute Gasteiger partial charge is 0.494 e. The number of likely N-dealkylation sites (tertiary alicyclic amines) is 1. The Morgan fingerprint density at radius 3 is 2.87 bits per heavy atom. The molecule has 5 heterocycles. The van der Waals surface area contributed by atoms with Crippen molar-refractivity contribution in [3.05, 3.63) is 42.1 Å². The number of carbonyl (C=O) groups is 2. The highest BCUT2D eigenvalue weighted by Gasteiger charge is 2.57. The van der Waals surface area contributed by atoms with Crippen molar-refractivity contribution in [3.63, 3.8) is 0 Å². The number of fused-ring (bicyclic) bond motifs is 2. The molecule has 3 aromatic heterocycles. The van der Waals surface area contributed by atoms with Gasteiger partial charge in [-0.15, -0.1) is 0 Å². The van der Waals surface area contributed by atoms with Gasteiger partial charge in [-0.05, 0) is 67.3 Å². The number of nitrogens with one attached hydrogen (secondary N) is 1. The summed E-state index contributed by atoms with van der Waals surface area (Å²) >= 11 is 0. The van der Waals surface area contributed by atoms with E-state index in [1.54, 1.807) is 7.11 Å². The van der Waals surface area contributed by atoms with Gasteiger partial charge in [0.2, 0.25) is 5.91 Å². The van der Waals surface area contributed by atoms with Gasteiger partial charge in [0.05, 0.1) is 30.4 Å². The maximum atomic E-state index is 13.8. The molecule has 4 fully saturated rings. The summed E-state index contributed by atoms with van der Waals surface area (Å²) in [7, 11) is 3.64. The van der Waals surface area contributed by atoms with Gasteiger partial charge in [-0.25, -0.2) is 9.97 Å². The number of pyridine rings is 1. The van der Waals surface area contributed by atoms with Gasteiger partial charge in [0.1, 0.15) is 16.9 Å². The third-order valence-corrected chi connectivity index (χ3v) is 9.21. The van der Waals surface area contributed by atoms with Crippen molar-refractivity contribution in [2.75, 3.05) is 13.7 Å². The number of hydrogen-bond acceptors (Lipinski definition) is 5. The summed E-state index contributed by atoms with van der Waals surface area (Å²) in [4.78, 5) is 37.6. The lowest BCUT2D eigenvalue weighted by Crippen LogP contribution is -2.53. The van der Waals surface area contributed by atoms with E-state index < -0.39 is 0 Å². The molecule has 2 aliphatic carbocycles. The second-order valence-corrected chi connectivity index (χ2v) is 11.5. The average Bonchev–Trinajstić information content (AvgIpc) is 3.38. The molecule has 0 radical (unpaired) electrons. The van der Waals surface area contributed by atoms with Crippen LogP contribution in [-0.2, 0) is 18.4 Å². The lowest BCUT2D eigenvalue weighted by atomic mass is 9.92. The molecule has 0 spiro atoms. The second-order valence-electron chi connectivity index (χ2n) is 11.5. The summed E-state index contributed by atoms with van der Waals surface area (Å²) in [6.07, 6.45) is 5.87. The summed E-state index contributed by atoms with van der Waals surface area (Å²) in [5.41, 5.74) is 4.18. The Morgan fingerprint density at radius 1 is 1.21 bits per heavy atom. The van der Waals surface area contributed by atoms with E-state index in [1.165, 1.54) is 12.8 Å². The minimum Gasteiger partial charge on any atom is -0.494 e. The molecule has 4 aliphatic rings. The fraction of sp³-hybridized carbons (Fsp3) is 0.448. The number of hydrogen-bond donors (Lipinski definition) is 1. The van der Waals surface area contributed by atoms with Gasteiger partial charge in [-0.1, -0.05) is 0 Å². The van der Waals surface area contributed by atoms with Crippen molar-refractivity contribution in [3.8, 4) is 17.3 Å². The number of amides is 2. The zero-order chi connectivity index (χ0) is 25.7. The summed E-state index contributed by atoms with van der Waals surface area (Å²) in [5.74, 6) is 2.85. The van der Waals surface area contributed by atoms with E-state index in [4.69, 9.17) is 9.72 Å². The van der Waals surface area contributed by atoms with E-state index >= 15 is 0 Å². The summed E-state index contributed by atoms with van der Waals surface area (Å²) in [5, 5.41) is 4.24. The van der Waals surface area contributed by atoms with Gasteiger partial charge >= 0.3 is 0 Å². The molecule has 4 atom stereocenters. The predicted octanol–water partition coefficient (Wildman–Crippen LogP) is 3.36. The SMILES string of the molecule is COc1cc(C(=O)N2C[C@H]3CC4CC(=O)N[C@H]3[C@@H]42)cc2nc(-c3cc4cccnc4n3CC3CC3)n(C)c12. The van der Waals surface area contributed by atoms with Crippen molar-refractivity contribution < 1.29 is 14.3 Å². The molecule has 1 N–H and O–H groups in total. The minimum absolute atomic E-state index is 0.0113. The molecule has 1 unspecified atom stereocenters. The monoisotopic (exact) mass is 510 g/mol. The molecule has 2 aliphatic heterocycles. The van der Waals surface area contributed by atoms with Gasteiger partial charge in [0.25, 0.3) is 5.91 Å². The number of benzene rings is 1. The van der Waals surface area contributed by atoms with Crippen LogP contribution in [0.5, 0.6) is 5.75 Å². The second kappa shape index (κ2) is 7.82. The Hall–Kier alpha value is -3.88. The lowest BCUT2D eigenvalue weighted by Gasteiger charge is -2.36. The number of rotatable bonds is 5. The summed E-state index contributed by atoms with van der Waals surface area (Å²) in [6.45, 7) is 1.61. The van der Waals surface area contributed by atoms with Crippen molar-refractivity contribution in [1.82, 2.24) is 29.3 Å². The smallest absolute Gasteiger partial charge is 0.254 e. The van der Waals surface area contributed by atoms with E-state index in [2.05, 4.69) is 31.6 Å². The van der Waals surface area contributed by atoms with Crippen molar-refractivity contribution in [1.29, 1.82) is 0 Å². The van der Waals surface area contributed by atoms with Gasteiger partial charge < -0.3 is 24.1 Å². The quantitative estimate of drug-likeness (QED) is 0.444. The van der Waals surface area contributed by atoms with Gasteiger partial charge in [0.15, 0.2) is 5.82 Å². The number of piperidine rings is 2. The van der Waals surface area contributed by atoms with Crippen LogP contribution >= 0.6 is 0 Å². The first-order chi connectivity index (χ1) is 18.5. The molecule has 9 nitrogen and oxygen atoms in total. The first-order valence-electron chi connectivity index (χ1n) is 13.6. The molecule has 1 aromatic carbocycles. The number of nitrogens with zero attached hydrogens (tertiary/aromatic N) is 5. The highest BCUT2D eigenvalue weighted by molar-refractivity contribution is 6.00. The molecule has 38 heavy (non-hydrogen) atoms. The minimum atomic E-state index is -0.0113. The van der Waals surface area contributed by atoms with E-state index in [0.717, 1.165) is 46.6 Å². The van der Waals surface area contributed by atoms with Crippen molar-refractivity contribution >= 4 is 33.9 Å². The van der Waals surface area contributed by atoms with Crippen LogP contribution in [0.1, 0.15) is 36.0 Å². The fourth-order valence-corrected chi connectivity index (χ4v) is 7.37. The van der Waals surface area contributed by atoms with Crippen molar-refractivity contribution in [2.24, 2.45) is 24.8 Å². The number of aryl methyl sites for hydroxylation is 1. The number of aromatic nitrogens is 4. The molecule has 2 amide bonds. The molecule has 2 saturated carbocycles. The van der Waals surface area contributed by atoms with E-state index in [-0.39, 0.29) is 29.8 Å². The predicted molar refractivity (Wildman–Crippen MR) is 142 cm³/mol. The molecule has 4 bridgehead atoms. The van der Waals surface area contributed by atoms with Crippen LogP contribution in [0, 0.1) is 17.8 Å². The lowest BCUT2D eigenvalue weighted by molar-refractivity contribution is -0.124. The molecule has 9 heteroatoms. The van der Waals surface area contributed by atoms with Crippen LogP contribution < -0.4 is 10.1 Å². The van der Waals surface area contributed by atoms with Gasteiger partial charge in [-0.3, -0.25) is 9.59 Å². The highest BCUT2D eigenvalue weighted by Crippen LogP contribution is 2.47. The van der Waals surface area contributed by atoms with E-state index in [0.29, 0.717) is 36.1 Å². The zero-order valence-electron chi connectivity index (χ0n) is 21.6. The van der Waals surface area contributed by atoms with Gasteiger partial charge in [-0.2, -0.15) is 0 Å². The van der Waals surface area contributed by atoms with Crippen LogP contribution in [0.4, 0.5) is 0 Å². The Morgan fingerprint density at radius 2 is 2.08 bits per heavy atom. The van der Waals surface area contributed by atoms with Gasteiger partial charge in [0, 0.05) is 43.7 Å². The Labute approximate surface area is 219 Å². The Kier molecular flexibility index (Phi) is 4.55.